The van der Waals surface area contributed by atoms with Gasteiger partial charge in [0, 0.05) is 42.1 Å². The van der Waals surface area contributed by atoms with Gasteiger partial charge in [-0.3, -0.25) is 9.78 Å². The number of hydrogen-bond donors (Lipinski definition) is 1. The average molecular weight is 371 g/mol. The fraction of sp³-hybridized carbons (Fsp3) is 0.389. The van der Waals surface area contributed by atoms with Crippen LogP contribution >= 0.6 is 11.3 Å². The van der Waals surface area contributed by atoms with E-state index in [4.69, 9.17) is 4.52 Å². The minimum atomic E-state index is -0.00362. The number of aromatic nitrogens is 4. The number of aryl methyl sites for hydroxylation is 1. The Bertz CT molecular complexity index is 844. The summed E-state index contributed by atoms with van der Waals surface area (Å²) < 4.78 is 5.23. The van der Waals surface area contributed by atoms with Gasteiger partial charge < -0.3 is 9.84 Å². The van der Waals surface area contributed by atoms with Gasteiger partial charge in [0.25, 0.3) is 0 Å². The minimum absolute atomic E-state index is 0.00362. The lowest BCUT2D eigenvalue weighted by atomic mass is 10.2. The maximum absolute atomic E-state index is 12.0. The molecule has 0 aliphatic carbocycles. The van der Waals surface area contributed by atoms with E-state index in [0.29, 0.717) is 43.4 Å². The van der Waals surface area contributed by atoms with Gasteiger partial charge in [-0.25, -0.2) is 4.98 Å². The Kier molecular flexibility index (Phi) is 6.06. The van der Waals surface area contributed by atoms with Crippen LogP contribution in [0.4, 0.5) is 0 Å². The highest BCUT2D eigenvalue weighted by molar-refractivity contribution is 7.09. The molecule has 8 heteroatoms. The van der Waals surface area contributed by atoms with E-state index in [-0.39, 0.29) is 5.91 Å². The quantitative estimate of drug-likeness (QED) is 0.652. The standard InChI is InChI=1S/C18H21N5O2S/c1-12(2)18-21-14(11-26-18)10-20-15(24)6-3-7-16-22-17(23-25-16)13-5-4-8-19-9-13/h4-5,8-9,11-12H,3,6-7,10H2,1-2H3,(H,20,24). The van der Waals surface area contributed by atoms with Crippen LogP contribution in [0.1, 0.15) is 49.2 Å². The van der Waals surface area contributed by atoms with Crippen LogP contribution in [0.5, 0.6) is 0 Å². The number of pyridine rings is 1. The molecule has 1 amide bonds. The first-order chi connectivity index (χ1) is 12.6. The number of nitrogens with zero attached hydrogens (tertiary/aromatic N) is 4. The summed E-state index contributed by atoms with van der Waals surface area (Å²) in [5.74, 6) is 1.45. The van der Waals surface area contributed by atoms with Gasteiger partial charge in [-0.2, -0.15) is 4.98 Å². The van der Waals surface area contributed by atoms with Gasteiger partial charge in [0.2, 0.25) is 17.6 Å². The Labute approximate surface area is 155 Å². The van der Waals surface area contributed by atoms with Crippen molar-refractivity contribution in [3.8, 4) is 11.4 Å². The largest absolute Gasteiger partial charge is 0.350 e. The summed E-state index contributed by atoms with van der Waals surface area (Å²) in [6, 6.07) is 3.69. The molecule has 3 heterocycles. The van der Waals surface area contributed by atoms with Crippen LogP contribution < -0.4 is 5.32 Å². The fourth-order valence-corrected chi connectivity index (χ4v) is 3.15. The third-order valence-electron chi connectivity index (χ3n) is 3.71. The maximum Gasteiger partial charge on any atom is 0.226 e. The van der Waals surface area contributed by atoms with Crippen LogP contribution in [-0.2, 0) is 17.8 Å². The number of hydrogen-bond acceptors (Lipinski definition) is 7. The molecule has 0 saturated carbocycles. The van der Waals surface area contributed by atoms with E-state index in [1.54, 1.807) is 23.7 Å². The Balaban J connectivity index is 1.40. The van der Waals surface area contributed by atoms with Crippen LogP contribution in [0.25, 0.3) is 11.4 Å². The molecule has 0 saturated heterocycles. The molecule has 0 spiro atoms. The smallest absolute Gasteiger partial charge is 0.226 e. The Morgan fingerprint density at radius 1 is 1.35 bits per heavy atom. The maximum atomic E-state index is 12.0. The molecule has 0 aliphatic heterocycles. The summed E-state index contributed by atoms with van der Waals surface area (Å²) in [6.07, 6.45) is 5.00. The number of rotatable bonds is 8. The number of thiazole rings is 1. The number of carbonyl (C=O) groups excluding carboxylic acids is 1. The molecule has 0 aliphatic rings. The first kappa shape index (κ1) is 18.2. The van der Waals surface area contributed by atoms with Crippen molar-refractivity contribution in [1.29, 1.82) is 0 Å². The van der Waals surface area contributed by atoms with E-state index < -0.39 is 0 Å². The monoisotopic (exact) mass is 371 g/mol. The average Bonchev–Trinajstić information content (AvgIpc) is 3.30. The van der Waals surface area contributed by atoms with Gasteiger partial charge in [-0.1, -0.05) is 19.0 Å². The number of carbonyl (C=O) groups is 1. The molecule has 1 N–H and O–H groups in total. The fourth-order valence-electron chi connectivity index (χ4n) is 2.32. The summed E-state index contributed by atoms with van der Waals surface area (Å²) in [5.41, 5.74) is 1.72. The zero-order chi connectivity index (χ0) is 18.4. The number of nitrogens with one attached hydrogen (secondary N) is 1. The van der Waals surface area contributed by atoms with Gasteiger partial charge in [0.1, 0.15) is 0 Å². The first-order valence-electron chi connectivity index (χ1n) is 8.56. The van der Waals surface area contributed by atoms with Crippen molar-refractivity contribution in [3.63, 3.8) is 0 Å². The van der Waals surface area contributed by atoms with E-state index >= 15 is 0 Å². The Morgan fingerprint density at radius 2 is 2.23 bits per heavy atom. The molecule has 0 radical (unpaired) electrons. The summed E-state index contributed by atoms with van der Waals surface area (Å²) in [7, 11) is 0. The van der Waals surface area contributed by atoms with E-state index in [1.807, 2.05) is 17.5 Å². The lowest BCUT2D eigenvalue weighted by Gasteiger charge is -2.02. The molecule has 0 unspecified atom stereocenters. The topological polar surface area (TPSA) is 93.8 Å². The highest BCUT2D eigenvalue weighted by atomic mass is 32.1. The Hall–Kier alpha value is -2.61. The highest BCUT2D eigenvalue weighted by Gasteiger charge is 2.10. The predicted molar refractivity (Wildman–Crippen MR) is 98.5 cm³/mol. The van der Waals surface area contributed by atoms with E-state index in [2.05, 4.69) is 39.3 Å². The zero-order valence-electron chi connectivity index (χ0n) is 14.8. The van der Waals surface area contributed by atoms with Crippen LogP contribution in [0.15, 0.2) is 34.4 Å². The number of amides is 1. The molecule has 0 aromatic carbocycles. The van der Waals surface area contributed by atoms with Crippen LogP contribution in [0.2, 0.25) is 0 Å². The van der Waals surface area contributed by atoms with Crippen molar-refractivity contribution >= 4 is 17.2 Å². The van der Waals surface area contributed by atoms with Gasteiger partial charge in [0.15, 0.2) is 0 Å². The second-order valence-corrected chi connectivity index (χ2v) is 7.11. The Morgan fingerprint density at radius 3 is 2.96 bits per heavy atom. The summed E-state index contributed by atoms with van der Waals surface area (Å²) in [4.78, 5) is 24.8. The lowest BCUT2D eigenvalue weighted by Crippen LogP contribution is -2.22. The summed E-state index contributed by atoms with van der Waals surface area (Å²) in [6.45, 7) is 4.69. The SMILES string of the molecule is CC(C)c1nc(CNC(=O)CCCc2nc(-c3cccnc3)no2)cs1. The predicted octanol–water partition coefficient (Wildman–Crippen LogP) is 3.35. The molecule has 0 fully saturated rings. The summed E-state index contributed by atoms with van der Waals surface area (Å²) >= 11 is 1.63. The van der Waals surface area contributed by atoms with Crippen LogP contribution in [0, 0.1) is 0 Å². The molecule has 0 bridgehead atoms. The molecule has 3 aromatic rings. The van der Waals surface area contributed by atoms with Gasteiger partial charge >= 0.3 is 0 Å². The van der Waals surface area contributed by atoms with Crippen molar-refractivity contribution in [3.05, 3.63) is 46.5 Å². The third-order valence-corrected chi connectivity index (χ3v) is 4.91. The summed E-state index contributed by atoms with van der Waals surface area (Å²) in [5, 5.41) is 9.93. The van der Waals surface area contributed by atoms with Crippen molar-refractivity contribution in [2.75, 3.05) is 0 Å². The highest BCUT2D eigenvalue weighted by Crippen LogP contribution is 2.19. The van der Waals surface area contributed by atoms with Gasteiger partial charge in [-0.05, 0) is 18.6 Å². The molecule has 0 atom stereocenters. The van der Waals surface area contributed by atoms with Crippen molar-refractivity contribution in [1.82, 2.24) is 25.4 Å². The van der Waals surface area contributed by atoms with Gasteiger partial charge in [0.05, 0.1) is 17.2 Å². The van der Waals surface area contributed by atoms with Crippen molar-refractivity contribution in [2.45, 2.75) is 45.6 Å². The third kappa shape index (κ3) is 4.95. The molecule has 3 aromatic heterocycles. The normalized spacial score (nSPS) is 11.0. The van der Waals surface area contributed by atoms with Crippen LogP contribution in [0.3, 0.4) is 0 Å². The molecular formula is C18H21N5O2S. The molecule has 3 rings (SSSR count). The molecule has 136 valence electrons. The molecule has 7 nitrogen and oxygen atoms in total. The second kappa shape index (κ2) is 8.66. The van der Waals surface area contributed by atoms with Crippen molar-refractivity contribution < 1.29 is 9.32 Å². The van der Waals surface area contributed by atoms with Crippen molar-refractivity contribution in [2.24, 2.45) is 0 Å². The molecule has 26 heavy (non-hydrogen) atoms. The van der Waals surface area contributed by atoms with Gasteiger partial charge in [-0.15, -0.1) is 11.3 Å². The first-order valence-corrected chi connectivity index (χ1v) is 9.44. The second-order valence-electron chi connectivity index (χ2n) is 6.22. The van der Waals surface area contributed by atoms with E-state index in [9.17, 15) is 4.79 Å². The lowest BCUT2D eigenvalue weighted by molar-refractivity contribution is -0.121. The van der Waals surface area contributed by atoms with E-state index in [0.717, 1.165) is 16.3 Å². The van der Waals surface area contributed by atoms with Crippen LogP contribution in [-0.4, -0.2) is 26.0 Å². The zero-order valence-corrected chi connectivity index (χ0v) is 15.6. The van der Waals surface area contributed by atoms with E-state index in [1.165, 1.54) is 0 Å². The molecular weight excluding hydrogens is 350 g/mol. The minimum Gasteiger partial charge on any atom is -0.350 e.